The van der Waals surface area contributed by atoms with E-state index in [1.54, 1.807) is 4.90 Å². The molecule has 2 aromatic rings. The predicted molar refractivity (Wildman–Crippen MR) is 123 cm³/mol. The maximum absolute atomic E-state index is 13.0. The van der Waals surface area contributed by atoms with E-state index < -0.39 is 6.04 Å². The zero-order chi connectivity index (χ0) is 22.5. The molecule has 2 aromatic carbocycles. The zero-order valence-electron chi connectivity index (χ0n) is 18.7. The maximum Gasteiger partial charge on any atom is 0.255 e. The highest BCUT2D eigenvalue weighted by atomic mass is 16.2. The number of fused-ring (bicyclic) bond motifs is 4. The lowest BCUT2D eigenvalue weighted by Crippen LogP contribution is -2.52. The number of carbonyl (C=O) groups is 3. The molecule has 4 heterocycles. The van der Waals surface area contributed by atoms with Gasteiger partial charge in [-0.05, 0) is 60.3 Å². The molecule has 7 rings (SSSR count). The van der Waals surface area contributed by atoms with Gasteiger partial charge in [0.1, 0.15) is 6.04 Å². The van der Waals surface area contributed by atoms with E-state index in [9.17, 15) is 14.4 Å². The Balaban J connectivity index is 1.18. The van der Waals surface area contributed by atoms with Crippen LogP contribution < -0.4 is 5.32 Å². The van der Waals surface area contributed by atoms with E-state index in [1.165, 1.54) is 30.4 Å². The number of piperidine rings is 3. The van der Waals surface area contributed by atoms with Crippen LogP contribution in [-0.4, -0.2) is 46.1 Å². The highest BCUT2D eigenvalue weighted by Crippen LogP contribution is 2.46. The van der Waals surface area contributed by atoms with E-state index >= 15 is 0 Å². The van der Waals surface area contributed by atoms with Gasteiger partial charge in [0.2, 0.25) is 11.8 Å². The first-order chi connectivity index (χ1) is 16.1. The van der Waals surface area contributed by atoms with Crippen LogP contribution >= 0.6 is 0 Å². The van der Waals surface area contributed by atoms with Crippen molar-refractivity contribution in [3.8, 4) is 0 Å². The number of nitrogens with one attached hydrogen (secondary N) is 1. The standard InChI is InChI=1S/C27H29N3O3/c31-25-11-10-24(26(32)28-25)30-16-20-12-18(7-9-22(20)27(30)33)23-13-21-8-6-19(23)15-29(21)14-17-4-2-1-3-5-17/h1-5,7,9,12,19,21,23-24H,6,8,10-11,13-16H2,(H,28,31,32)/t19-,21?,23?,24?/m1/s1. The molecule has 4 fully saturated rings. The Kier molecular flexibility index (Phi) is 5.06. The van der Waals surface area contributed by atoms with E-state index in [2.05, 4.69) is 52.7 Å². The first-order valence-electron chi connectivity index (χ1n) is 12.1. The van der Waals surface area contributed by atoms with Crippen LogP contribution in [0.2, 0.25) is 0 Å². The third-order valence-electron chi connectivity index (χ3n) is 8.16. The van der Waals surface area contributed by atoms with Gasteiger partial charge in [-0.2, -0.15) is 0 Å². The van der Waals surface area contributed by atoms with Crippen molar-refractivity contribution >= 4 is 17.7 Å². The summed E-state index contributed by atoms with van der Waals surface area (Å²) in [5.41, 5.74) is 4.44. The maximum atomic E-state index is 13.0. The van der Waals surface area contributed by atoms with Gasteiger partial charge in [-0.25, -0.2) is 0 Å². The van der Waals surface area contributed by atoms with Crippen LogP contribution in [0.5, 0.6) is 0 Å². The van der Waals surface area contributed by atoms with Crippen LogP contribution in [0, 0.1) is 5.92 Å². The Labute approximate surface area is 193 Å². The van der Waals surface area contributed by atoms with Gasteiger partial charge in [0.05, 0.1) is 0 Å². The number of rotatable bonds is 4. The molecule has 0 aromatic heterocycles. The third kappa shape index (κ3) is 3.66. The van der Waals surface area contributed by atoms with Crippen LogP contribution in [0.4, 0.5) is 0 Å². The van der Waals surface area contributed by atoms with Gasteiger partial charge in [-0.1, -0.05) is 42.5 Å². The summed E-state index contributed by atoms with van der Waals surface area (Å²) >= 11 is 0. The van der Waals surface area contributed by atoms with Crippen molar-refractivity contribution in [1.82, 2.24) is 15.1 Å². The van der Waals surface area contributed by atoms with Crippen LogP contribution in [0.3, 0.4) is 0 Å². The molecule has 1 saturated carbocycles. The molecule has 1 aliphatic carbocycles. The largest absolute Gasteiger partial charge is 0.322 e. The van der Waals surface area contributed by atoms with Gasteiger partial charge in [0, 0.05) is 37.7 Å². The summed E-state index contributed by atoms with van der Waals surface area (Å²) in [6.07, 6.45) is 4.38. The monoisotopic (exact) mass is 443 g/mol. The molecule has 6 nitrogen and oxygen atoms in total. The van der Waals surface area contributed by atoms with E-state index in [1.807, 2.05) is 6.07 Å². The summed E-state index contributed by atoms with van der Waals surface area (Å²) in [4.78, 5) is 41.1. The highest BCUT2D eigenvalue weighted by Gasteiger charge is 2.42. The van der Waals surface area contributed by atoms with Crippen molar-refractivity contribution < 1.29 is 14.4 Å². The Hall–Kier alpha value is -2.99. The quantitative estimate of drug-likeness (QED) is 0.737. The van der Waals surface area contributed by atoms with Crippen molar-refractivity contribution in [1.29, 1.82) is 0 Å². The first kappa shape index (κ1) is 20.6. The molecule has 3 unspecified atom stereocenters. The summed E-state index contributed by atoms with van der Waals surface area (Å²) in [5.74, 6) is 0.471. The fourth-order valence-electron chi connectivity index (χ4n) is 6.46. The molecule has 0 radical (unpaired) electrons. The molecule has 170 valence electrons. The predicted octanol–water partition coefficient (Wildman–Crippen LogP) is 3.22. The number of nitrogens with zero attached hydrogens (tertiary/aromatic N) is 2. The molecule has 3 saturated heterocycles. The van der Waals surface area contributed by atoms with Crippen LogP contribution in [0.25, 0.3) is 0 Å². The lowest BCUT2D eigenvalue weighted by molar-refractivity contribution is -0.136. The number of carbonyl (C=O) groups excluding carboxylic acids is 3. The van der Waals surface area contributed by atoms with Crippen molar-refractivity contribution in [2.45, 2.75) is 63.2 Å². The Bertz CT molecular complexity index is 1110. The van der Waals surface area contributed by atoms with Crippen molar-refractivity contribution in [2.75, 3.05) is 6.54 Å². The van der Waals surface area contributed by atoms with Gasteiger partial charge in [-0.3, -0.25) is 24.6 Å². The SMILES string of the molecule is O=C1CCC(N2Cc3cc(C4CC5CC[C@@H]4CN5Cc4ccccc4)ccc3C2=O)C(=O)N1. The molecule has 1 N–H and O–H groups in total. The summed E-state index contributed by atoms with van der Waals surface area (Å²) in [6.45, 7) is 2.60. The van der Waals surface area contributed by atoms with Crippen LogP contribution in [0.1, 0.15) is 65.1 Å². The number of hydrogen-bond donors (Lipinski definition) is 1. The Morgan fingerprint density at radius 3 is 2.58 bits per heavy atom. The molecule has 0 spiro atoms. The lowest BCUT2D eigenvalue weighted by atomic mass is 9.69. The van der Waals surface area contributed by atoms with Crippen molar-refractivity contribution in [2.24, 2.45) is 5.92 Å². The normalized spacial score (nSPS) is 29.3. The van der Waals surface area contributed by atoms with Crippen LogP contribution in [-0.2, 0) is 22.7 Å². The molecular formula is C27H29N3O3. The summed E-state index contributed by atoms with van der Waals surface area (Å²) in [6, 6.07) is 17.1. The summed E-state index contributed by atoms with van der Waals surface area (Å²) in [7, 11) is 0. The Morgan fingerprint density at radius 2 is 1.82 bits per heavy atom. The van der Waals surface area contributed by atoms with Gasteiger partial charge >= 0.3 is 0 Å². The average molecular weight is 444 g/mol. The van der Waals surface area contributed by atoms with E-state index in [0.29, 0.717) is 36.4 Å². The molecule has 4 atom stereocenters. The molecular weight excluding hydrogens is 414 g/mol. The summed E-state index contributed by atoms with van der Waals surface area (Å²) in [5, 5.41) is 2.38. The summed E-state index contributed by atoms with van der Waals surface area (Å²) < 4.78 is 0. The van der Waals surface area contributed by atoms with E-state index in [0.717, 1.165) is 18.7 Å². The first-order valence-corrected chi connectivity index (χ1v) is 12.1. The second-order valence-electron chi connectivity index (χ2n) is 10.1. The second-order valence-corrected chi connectivity index (χ2v) is 10.1. The fraction of sp³-hybridized carbons (Fsp3) is 0.444. The molecule has 5 aliphatic rings. The zero-order valence-corrected chi connectivity index (χ0v) is 18.7. The molecule has 3 amide bonds. The van der Waals surface area contributed by atoms with Gasteiger partial charge in [0.25, 0.3) is 5.91 Å². The number of amides is 3. The smallest absolute Gasteiger partial charge is 0.255 e. The molecule has 33 heavy (non-hydrogen) atoms. The third-order valence-corrected chi connectivity index (χ3v) is 8.16. The number of imide groups is 1. The lowest BCUT2D eigenvalue weighted by Gasteiger charge is -2.50. The topological polar surface area (TPSA) is 69.7 Å². The minimum absolute atomic E-state index is 0.0924. The fourth-order valence-corrected chi connectivity index (χ4v) is 6.46. The Morgan fingerprint density at radius 1 is 0.970 bits per heavy atom. The van der Waals surface area contributed by atoms with E-state index in [4.69, 9.17) is 0 Å². The molecule has 2 bridgehead atoms. The minimum Gasteiger partial charge on any atom is -0.322 e. The molecule has 6 heteroatoms. The van der Waals surface area contributed by atoms with Crippen LogP contribution in [0.15, 0.2) is 48.5 Å². The average Bonchev–Trinajstić information content (AvgIpc) is 3.15. The number of hydrogen-bond acceptors (Lipinski definition) is 4. The van der Waals surface area contributed by atoms with E-state index in [-0.39, 0.29) is 24.1 Å². The van der Waals surface area contributed by atoms with Gasteiger partial charge < -0.3 is 4.90 Å². The molecule has 4 aliphatic heterocycles. The number of benzene rings is 2. The van der Waals surface area contributed by atoms with Gasteiger partial charge in [-0.15, -0.1) is 0 Å². The van der Waals surface area contributed by atoms with Gasteiger partial charge in [0.15, 0.2) is 0 Å². The van der Waals surface area contributed by atoms with Crippen molar-refractivity contribution in [3.05, 3.63) is 70.8 Å². The minimum atomic E-state index is -0.553. The highest BCUT2D eigenvalue weighted by molar-refractivity contribution is 6.05. The second kappa shape index (κ2) is 8.10. The van der Waals surface area contributed by atoms with Crippen molar-refractivity contribution in [3.63, 3.8) is 0 Å².